The van der Waals surface area contributed by atoms with Crippen LogP contribution in [0.2, 0.25) is 10.0 Å². The lowest BCUT2D eigenvalue weighted by atomic mass is 10.0. The molecule has 0 fully saturated rings. The fourth-order valence-electron chi connectivity index (χ4n) is 3.04. The normalized spacial score (nSPS) is 11.1. The Morgan fingerprint density at radius 2 is 1.77 bits per heavy atom. The molecule has 9 heteroatoms. The quantitative estimate of drug-likeness (QED) is 0.517. The lowest BCUT2D eigenvalue weighted by Crippen LogP contribution is -2.24. The molecule has 7 nitrogen and oxygen atoms in total. The van der Waals surface area contributed by atoms with Gasteiger partial charge in [-0.25, -0.2) is 14.5 Å². The van der Waals surface area contributed by atoms with Crippen LogP contribution in [0.4, 0.5) is 0 Å². The third kappa shape index (κ3) is 4.53. The van der Waals surface area contributed by atoms with Crippen LogP contribution in [0.25, 0.3) is 5.69 Å². The number of carbonyl (C=O) groups excluding carboxylic acids is 1. The molecule has 0 radical (unpaired) electrons. The molecule has 0 atom stereocenters. The predicted molar refractivity (Wildman–Crippen MR) is 115 cm³/mol. The predicted octanol–water partition coefficient (Wildman–Crippen LogP) is 4.35. The maximum absolute atomic E-state index is 13.3. The van der Waals surface area contributed by atoms with Crippen LogP contribution >= 0.6 is 23.2 Å². The summed E-state index contributed by atoms with van der Waals surface area (Å²) in [5.74, 6) is -1.53. The Morgan fingerprint density at radius 1 is 1.07 bits per heavy atom. The summed E-state index contributed by atoms with van der Waals surface area (Å²) >= 11 is 12.4. The topological polar surface area (TPSA) is 88.3 Å². The van der Waals surface area contributed by atoms with Crippen molar-refractivity contribution >= 4 is 35.0 Å². The van der Waals surface area contributed by atoms with Crippen molar-refractivity contribution in [1.82, 2.24) is 19.7 Å². The Kier molecular flexibility index (Phi) is 6.87. The van der Waals surface area contributed by atoms with Gasteiger partial charge in [0, 0.05) is 16.1 Å². The van der Waals surface area contributed by atoms with Crippen molar-refractivity contribution < 1.29 is 14.7 Å². The van der Waals surface area contributed by atoms with Crippen LogP contribution in [0.1, 0.15) is 46.2 Å². The third-order valence-corrected chi connectivity index (χ3v) is 5.24. The number of aromatic carboxylic acids is 1. The molecule has 0 bridgehead atoms. The summed E-state index contributed by atoms with van der Waals surface area (Å²) in [6.45, 7) is 5.86. The number of carboxylic acid groups (broad SMARTS) is 1. The Balaban J connectivity index is 2.18. The number of hydrogen-bond donors (Lipinski definition) is 1. The van der Waals surface area contributed by atoms with Crippen LogP contribution < -0.4 is 0 Å². The molecular formula is C21H20Cl2N4O3. The van der Waals surface area contributed by atoms with Crippen molar-refractivity contribution in [2.45, 2.75) is 20.4 Å². The molecule has 30 heavy (non-hydrogen) atoms. The first-order valence-electron chi connectivity index (χ1n) is 9.36. The van der Waals surface area contributed by atoms with Gasteiger partial charge in [-0.2, -0.15) is 0 Å². The molecule has 0 unspecified atom stereocenters. The second-order valence-electron chi connectivity index (χ2n) is 6.50. The first-order chi connectivity index (χ1) is 14.3. The summed E-state index contributed by atoms with van der Waals surface area (Å²) < 4.78 is 1.39. The van der Waals surface area contributed by atoms with Gasteiger partial charge in [0.05, 0.1) is 17.3 Å². The zero-order valence-corrected chi connectivity index (χ0v) is 18.0. The second kappa shape index (κ2) is 9.38. The number of rotatable bonds is 8. The van der Waals surface area contributed by atoms with Gasteiger partial charge in [0.2, 0.25) is 0 Å². The van der Waals surface area contributed by atoms with Crippen molar-refractivity contribution in [3.63, 3.8) is 0 Å². The molecule has 1 heterocycles. The molecule has 2 aromatic carbocycles. The second-order valence-corrected chi connectivity index (χ2v) is 7.34. The van der Waals surface area contributed by atoms with E-state index < -0.39 is 5.97 Å². The zero-order chi connectivity index (χ0) is 21.8. The number of nitrogens with zero attached hydrogens (tertiary/aromatic N) is 4. The molecule has 156 valence electrons. The van der Waals surface area contributed by atoms with Crippen molar-refractivity contribution in [2.75, 3.05) is 13.1 Å². The summed E-state index contributed by atoms with van der Waals surface area (Å²) in [5, 5.41) is 14.2. The van der Waals surface area contributed by atoms with Gasteiger partial charge in [-0.1, -0.05) is 49.2 Å². The SMILES string of the molecule is CCN(CC)Cc1nc(C(=O)O)nn1-c1ccc(Cl)cc1C(=O)c1ccccc1Cl. The molecule has 3 rings (SSSR count). The fourth-order valence-corrected chi connectivity index (χ4v) is 3.44. The number of hydrogen-bond acceptors (Lipinski definition) is 5. The Labute approximate surface area is 183 Å². The monoisotopic (exact) mass is 446 g/mol. The lowest BCUT2D eigenvalue weighted by molar-refractivity contribution is 0.0683. The number of ketones is 1. The van der Waals surface area contributed by atoms with Crippen molar-refractivity contribution in [3.8, 4) is 5.69 Å². The summed E-state index contributed by atoms with van der Waals surface area (Å²) in [7, 11) is 0. The average molecular weight is 447 g/mol. The van der Waals surface area contributed by atoms with Gasteiger partial charge in [-0.3, -0.25) is 9.69 Å². The van der Waals surface area contributed by atoms with Gasteiger partial charge >= 0.3 is 5.97 Å². The van der Waals surface area contributed by atoms with E-state index in [9.17, 15) is 14.7 Å². The molecule has 0 aliphatic carbocycles. The zero-order valence-electron chi connectivity index (χ0n) is 16.5. The first kappa shape index (κ1) is 22.0. The highest BCUT2D eigenvalue weighted by Gasteiger charge is 2.23. The highest BCUT2D eigenvalue weighted by Crippen LogP contribution is 2.26. The molecule has 0 aliphatic rings. The summed E-state index contributed by atoms with van der Waals surface area (Å²) in [4.78, 5) is 31.0. The largest absolute Gasteiger partial charge is 0.475 e. The van der Waals surface area contributed by atoms with E-state index >= 15 is 0 Å². The minimum atomic E-state index is -1.25. The van der Waals surface area contributed by atoms with Crippen LogP contribution in [0.3, 0.4) is 0 Å². The summed E-state index contributed by atoms with van der Waals surface area (Å²) in [5.41, 5.74) is 0.941. The maximum atomic E-state index is 13.3. The molecule has 1 N–H and O–H groups in total. The molecule has 0 aliphatic heterocycles. The maximum Gasteiger partial charge on any atom is 0.375 e. The van der Waals surface area contributed by atoms with Gasteiger partial charge in [0.15, 0.2) is 5.78 Å². The molecule has 1 aromatic heterocycles. The van der Waals surface area contributed by atoms with Crippen LogP contribution in [0, 0.1) is 0 Å². The van der Waals surface area contributed by atoms with E-state index in [4.69, 9.17) is 23.2 Å². The molecule has 0 saturated carbocycles. The van der Waals surface area contributed by atoms with E-state index in [0.29, 0.717) is 33.7 Å². The lowest BCUT2D eigenvalue weighted by Gasteiger charge is -2.18. The Hall–Kier alpha value is -2.74. The van der Waals surface area contributed by atoms with Crippen LogP contribution in [-0.2, 0) is 6.54 Å². The summed E-state index contributed by atoms with van der Waals surface area (Å²) in [6, 6.07) is 11.5. The standard InChI is InChI=1S/C21H20Cl2N4O3/c1-3-26(4-2)12-18-24-20(21(29)30)25-27(18)17-10-9-13(22)11-15(17)19(28)14-7-5-6-8-16(14)23/h5-11H,3-4,12H2,1-2H3,(H,29,30). The van der Waals surface area contributed by atoms with E-state index in [2.05, 4.69) is 15.0 Å². The van der Waals surface area contributed by atoms with E-state index in [0.717, 1.165) is 13.1 Å². The highest BCUT2D eigenvalue weighted by atomic mass is 35.5. The summed E-state index contributed by atoms with van der Waals surface area (Å²) in [6.07, 6.45) is 0. The molecule has 0 spiro atoms. The highest BCUT2D eigenvalue weighted by molar-refractivity contribution is 6.35. The van der Waals surface area contributed by atoms with Crippen LogP contribution in [0.5, 0.6) is 0 Å². The van der Waals surface area contributed by atoms with Crippen molar-refractivity contribution in [1.29, 1.82) is 0 Å². The number of carboxylic acids is 1. The van der Waals surface area contributed by atoms with Crippen LogP contribution in [-0.4, -0.2) is 49.6 Å². The third-order valence-electron chi connectivity index (χ3n) is 4.67. The van der Waals surface area contributed by atoms with Gasteiger partial charge in [0.25, 0.3) is 5.82 Å². The van der Waals surface area contributed by atoms with Gasteiger partial charge in [0.1, 0.15) is 5.82 Å². The van der Waals surface area contributed by atoms with E-state index in [1.807, 2.05) is 13.8 Å². The number of aromatic nitrogens is 3. The van der Waals surface area contributed by atoms with Crippen molar-refractivity contribution in [3.05, 3.63) is 75.3 Å². The molecule has 0 saturated heterocycles. The number of benzene rings is 2. The minimum Gasteiger partial charge on any atom is -0.475 e. The average Bonchev–Trinajstić information content (AvgIpc) is 3.15. The minimum absolute atomic E-state index is 0.248. The van der Waals surface area contributed by atoms with E-state index in [-0.39, 0.29) is 17.2 Å². The molecule has 3 aromatic rings. The Morgan fingerprint density at radius 3 is 2.40 bits per heavy atom. The fraction of sp³-hybridized carbons (Fsp3) is 0.238. The first-order valence-corrected chi connectivity index (χ1v) is 10.1. The van der Waals surface area contributed by atoms with Crippen LogP contribution in [0.15, 0.2) is 42.5 Å². The smallest absolute Gasteiger partial charge is 0.375 e. The van der Waals surface area contributed by atoms with E-state index in [1.54, 1.807) is 36.4 Å². The Bertz CT molecular complexity index is 1090. The van der Waals surface area contributed by atoms with E-state index in [1.165, 1.54) is 10.7 Å². The van der Waals surface area contributed by atoms with Gasteiger partial charge in [-0.15, -0.1) is 5.10 Å². The van der Waals surface area contributed by atoms with Gasteiger partial charge in [-0.05, 0) is 43.4 Å². The van der Waals surface area contributed by atoms with Gasteiger partial charge < -0.3 is 5.11 Å². The van der Waals surface area contributed by atoms with Crippen molar-refractivity contribution in [2.24, 2.45) is 0 Å². The number of carbonyl (C=O) groups is 2. The number of halogens is 2. The molecular weight excluding hydrogens is 427 g/mol. The molecule has 0 amide bonds.